The summed E-state index contributed by atoms with van der Waals surface area (Å²) >= 11 is 6.11. The number of hydrogen-bond donors (Lipinski definition) is 2. The van der Waals surface area contributed by atoms with Gasteiger partial charge in [0.2, 0.25) is 0 Å². The van der Waals surface area contributed by atoms with Gasteiger partial charge in [-0.3, -0.25) is 9.69 Å². The number of carboxylic acids is 2. The van der Waals surface area contributed by atoms with E-state index in [1.165, 1.54) is 36.9 Å². The largest absolute Gasteiger partial charge is 0.478 e. The number of hydrogen-bond acceptors (Lipinski definition) is 5. The van der Waals surface area contributed by atoms with Gasteiger partial charge in [0.15, 0.2) is 5.78 Å². The highest BCUT2D eigenvalue weighted by molar-refractivity contribution is 6.30. The van der Waals surface area contributed by atoms with Crippen LogP contribution in [0.25, 0.3) is 0 Å². The summed E-state index contributed by atoms with van der Waals surface area (Å²) in [5.41, 5.74) is 3.49. The van der Waals surface area contributed by atoms with Crippen molar-refractivity contribution >= 4 is 35.0 Å². The fraction of sp³-hybridized carbons (Fsp3) is 0.414. The normalized spacial score (nSPS) is 16.4. The van der Waals surface area contributed by atoms with E-state index in [4.69, 9.17) is 21.8 Å². The number of carbonyl (C=O) groups is 3. The summed E-state index contributed by atoms with van der Waals surface area (Å²) < 4.78 is 0. The van der Waals surface area contributed by atoms with Crippen LogP contribution in [0.5, 0.6) is 0 Å². The van der Waals surface area contributed by atoms with Crippen LogP contribution >= 0.6 is 11.6 Å². The van der Waals surface area contributed by atoms with E-state index in [0.717, 1.165) is 49.7 Å². The molecular weight excluding hydrogens is 492 g/mol. The van der Waals surface area contributed by atoms with E-state index in [9.17, 15) is 14.4 Å². The average molecular weight is 527 g/mol. The molecule has 0 amide bonds. The molecule has 1 heterocycles. The summed E-state index contributed by atoms with van der Waals surface area (Å²) in [6, 6.07) is 16.5. The Morgan fingerprint density at radius 3 is 2.08 bits per heavy atom. The average Bonchev–Trinajstić information content (AvgIpc) is 3.43. The van der Waals surface area contributed by atoms with E-state index in [1.807, 2.05) is 30.3 Å². The first kappa shape index (κ1) is 28.4. The molecule has 2 aliphatic rings. The number of aliphatic carboxylic acids is 2. The summed E-state index contributed by atoms with van der Waals surface area (Å²) in [5, 5.41) is 16.4. The number of piperazine rings is 1. The Hall–Kier alpha value is -3.16. The second-order valence-electron chi connectivity index (χ2n) is 9.45. The van der Waals surface area contributed by atoms with E-state index in [-0.39, 0.29) is 5.78 Å². The molecule has 1 saturated heterocycles. The molecule has 7 nitrogen and oxygen atoms in total. The maximum Gasteiger partial charge on any atom is 0.328 e. The minimum atomic E-state index is -1.26. The zero-order valence-electron chi connectivity index (χ0n) is 21.0. The van der Waals surface area contributed by atoms with Crippen LogP contribution < -0.4 is 4.90 Å². The third-order valence-electron chi connectivity index (χ3n) is 6.85. The predicted molar refractivity (Wildman–Crippen MR) is 146 cm³/mol. The number of rotatable bonds is 9. The molecule has 1 saturated carbocycles. The van der Waals surface area contributed by atoms with Crippen LogP contribution in [0.15, 0.2) is 60.7 Å². The molecule has 0 unspecified atom stereocenters. The molecule has 1 aliphatic heterocycles. The number of carboxylic acid groups (broad SMARTS) is 2. The number of halogens is 1. The molecule has 0 atom stereocenters. The Kier molecular flexibility index (Phi) is 11.2. The van der Waals surface area contributed by atoms with Crippen molar-refractivity contribution in [2.75, 3.05) is 37.6 Å². The molecule has 2 aromatic rings. The van der Waals surface area contributed by atoms with Crippen molar-refractivity contribution in [3.8, 4) is 0 Å². The van der Waals surface area contributed by atoms with Gasteiger partial charge in [-0.05, 0) is 55.5 Å². The Morgan fingerprint density at radius 1 is 0.892 bits per heavy atom. The quantitative estimate of drug-likeness (QED) is 0.329. The van der Waals surface area contributed by atoms with Crippen LogP contribution in [-0.2, 0) is 9.59 Å². The molecule has 2 N–H and O–H groups in total. The van der Waals surface area contributed by atoms with Crippen molar-refractivity contribution in [2.24, 2.45) is 0 Å². The number of ketones is 1. The van der Waals surface area contributed by atoms with Gasteiger partial charge < -0.3 is 15.1 Å². The molecular formula is C29H35ClN2O5. The molecule has 0 aromatic heterocycles. The number of nitrogens with zero attached hydrogens (tertiary/aromatic N) is 2. The highest BCUT2D eigenvalue weighted by Crippen LogP contribution is 2.34. The maximum atomic E-state index is 12.5. The molecule has 8 heteroatoms. The van der Waals surface area contributed by atoms with E-state index >= 15 is 0 Å². The second kappa shape index (κ2) is 14.5. The van der Waals surface area contributed by atoms with Crippen LogP contribution in [-0.4, -0.2) is 65.6 Å². The monoisotopic (exact) mass is 526 g/mol. The Bertz CT molecular complexity index is 1060. The van der Waals surface area contributed by atoms with Crippen LogP contribution in [0.1, 0.15) is 60.4 Å². The lowest BCUT2D eigenvalue weighted by atomic mass is 9.95. The van der Waals surface area contributed by atoms with Gasteiger partial charge in [-0.2, -0.15) is 0 Å². The third kappa shape index (κ3) is 9.67. The first-order valence-electron chi connectivity index (χ1n) is 12.8. The molecule has 198 valence electrons. The first-order valence-corrected chi connectivity index (χ1v) is 13.2. The molecule has 1 aliphatic carbocycles. The Morgan fingerprint density at radius 2 is 1.51 bits per heavy atom. The summed E-state index contributed by atoms with van der Waals surface area (Å²) in [6.07, 6.45) is 7.98. The van der Waals surface area contributed by atoms with E-state index in [0.29, 0.717) is 24.5 Å². The van der Waals surface area contributed by atoms with Gasteiger partial charge in [-0.25, -0.2) is 9.59 Å². The number of Topliss-reactive ketones (excluding diaryl/α,β-unsaturated/α-hetero) is 1. The topological polar surface area (TPSA) is 98.2 Å². The van der Waals surface area contributed by atoms with Crippen LogP contribution in [0.3, 0.4) is 0 Å². The van der Waals surface area contributed by atoms with Crippen molar-refractivity contribution in [1.82, 2.24) is 4.90 Å². The zero-order valence-corrected chi connectivity index (χ0v) is 21.8. The maximum absolute atomic E-state index is 12.5. The van der Waals surface area contributed by atoms with Gasteiger partial charge in [0.25, 0.3) is 0 Å². The van der Waals surface area contributed by atoms with Gasteiger partial charge in [0.1, 0.15) is 0 Å². The third-order valence-corrected chi connectivity index (χ3v) is 7.09. The summed E-state index contributed by atoms with van der Waals surface area (Å²) in [6.45, 7) is 5.09. The summed E-state index contributed by atoms with van der Waals surface area (Å²) in [4.78, 5) is 36.5. The summed E-state index contributed by atoms with van der Waals surface area (Å²) in [5.74, 6) is -1.52. The zero-order chi connectivity index (χ0) is 26.6. The Labute approximate surface area is 223 Å². The van der Waals surface area contributed by atoms with Gasteiger partial charge in [0, 0.05) is 61.0 Å². The summed E-state index contributed by atoms with van der Waals surface area (Å²) in [7, 11) is 0. The Balaban J connectivity index is 0.000000414. The van der Waals surface area contributed by atoms with Crippen molar-refractivity contribution in [2.45, 2.75) is 44.4 Å². The molecule has 0 bridgehead atoms. The molecule has 0 spiro atoms. The van der Waals surface area contributed by atoms with E-state index in [1.54, 1.807) is 0 Å². The second-order valence-corrected chi connectivity index (χ2v) is 9.88. The fourth-order valence-corrected chi connectivity index (χ4v) is 5.04. The standard InChI is InChI=1S/C25H31ClN2O.C4H4O4/c26-23-7-3-8-24(19-23)28-17-15-27(16-18-28)14-4-9-25(29)22-12-10-21(11-13-22)20-5-1-2-6-20;5-3(6)1-2-4(7)8/h3,7-8,10-13,19-20H,1-2,4-6,9,14-18H2;1-2H,(H,5,6)(H,7,8)/b;2-1-. The molecule has 4 rings (SSSR count). The van der Waals surface area contributed by atoms with Gasteiger partial charge in [-0.1, -0.05) is 54.8 Å². The van der Waals surface area contributed by atoms with Gasteiger partial charge in [0.05, 0.1) is 0 Å². The minimum Gasteiger partial charge on any atom is -0.478 e. The smallest absolute Gasteiger partial charge is 0.328 e. The number of anilines is 1. The highest BCUT2D eigenvalue weighted by Gasteiger charge is 2.19. The van der Waals surface area contributed by atoms with Crippen LogP contribution in [0.2, 0.25) is 5.02 Å². The SMILES string of the molecule is O=C(CCCN1CCN(c2cccc(Cl)c2)CC1)c1ccc(C2CCCC2)cc1.O=C(O)/C=C\C(=O)O. The van der Waals surface area contributed by atoms with Crippen molar-refractivity contribution in [3.05, 3.63) is 76.8 Å². The molecule has 37 heavy (non-hydrogen) atoms. The number of benzene rings is 2. The van der Waals surface area contributed by atoms with Crippen LogP contribution in [0, 0.1) is 0 Å². The van der Waals surface area contributed by atoms with Crippen molar-refractivity contribution in [1.29, 1.82) is 0 Å². The van der Waals surface area contributed by atoms with E-state index in [2.05, 4.69) is 28.0 Å². The van der Waals surface area contributed by atoms with Crippen molar-refractivity contribution < 1.29 is 24.6 Å². The lowest BCUT2D eigenvalue weighted by molar-refractivity contribution is -0.134. The van der Waals surface area contributed by atoms with Crippen LogP contribution in [0.4, 0.5) is 5.69 Å². The lowest BCUT2D eigenvalue weighted by Crippen LogP contribution is -2.46. The van der Waals surface area contributed by atoms with E-state index < -0.39 is 11.9 Å². The first-order chi connectivity index (χ1) is 17.8. The van der Waals surface area contributed by atoms with Gasteiger partial charge >= 0.3 is 11.9 Å². The van der Waals surface area contributed by atoms with Gasteiger partial charge in [-0.15, -0.1) is 0 Å². The minimum absolute atomic E-state index is 0.278. The predicted octanol–water partition coefficient (Wildman–Crippen LogP) is 5.49. The lowest BCUT2D eigenvalue weighted by Gasteiger charge is -2.36. The molecule has 2 aromatic carbocycles. The highest BCUT2D eigenvalue weighted by atomic mass is 35.5. The molecule has 2 fully saturated rings. The molecule has 0 radical (unpaired) electrons. The fourth-order valence-electron chi connectivity index (χ4n) is 4.85. The number of carbonyl (C=O) groups excluding carboxylic acids is 1. The van der Waals surface area contributed by atoms with Crippen molar-refractivity contribution in [3.63, 3.8) is 0 Å².